The summed E-state index contributed by atoms with van der Waals surface area (Å²) in [6, 6.07) is 9.17. The number of piperidine rings is 1. The zero-order valence-electron chi connectivity index (χ0n) is 21.6. The molecule has 0 aromatic heterocycles. The normalized spacial score (nSPS) is 16.6. The summed E-state index contributed by atoms with van der Waals surface area (Å²) in [6.45, 7) is 8.44. The predicted molar refractivity (Wildman–Crippen MR) is 151 cm³/mol. The van der Waals surface area contributed by atoms with Gasteiger partial charge in [0.1, 0.15) is 36.3 Å². The molecule has 0 radical (unpaired) electrons. The molecular formula is C27H37Br2F2N3O3. The number of ether oxygens (including phenoxy) is 2. The van der Waals surface area contributed by atoms with Crippen LogP contribution in [0.25, 0.3) is 0 Å². The quantitative estimate of drug-likeness (QED) is 0.371. The Balaban J connectivity index is 0.000000217. The van der Waals surface area contributed by atoms with Crippen LogP contribution in [-0.2, 0) is 4.79 Å². The van der Waals surface area contributed by atoms with Crippen LogP contribution < -0.4 is 9.47 Å². The molecule has 10 heteroatoms. The number of likely N-dealkylation sites (tertiary alicyclic amines) is 1. The van der Waals surface area contributed by atoms with E-state index in [0.717, 1.165) is 32.7 Å². The van der Waals surface area contributed by atoms with Crippen LogP contribution in [0.5, 0.6) is 11.5 Å². The number of halogens is 4. The minimum Gasteiger partial charge on any atom is -0.492 e. The van der Waals surface area contributed by atoms with Gasteiger partial charge in [0.2, 0.25) is 0 Å². The van der Waals surface area contributed by atoms with Crippen molar-refractivity contribution >= 4 is 38.1 Å². The van der Waals surface area contributed by atoms with Crippen LogP contribution >= 0.6 is 31.9 Å². The molecule has 2 aliphatic rings. The maximum absolute atomic E-state index is 13.3. The number of carbonyl (C=O) groups is 1. The number of carbonyl (C=O) groups excluding carboxylic acids is 1. The van der Waals surface area contributed by atoms with Crippen molar-refractivity contribution < 1.29 is 23.0 Å². The molecule has 0 spiro atoms. The Labute approximate surface area is 236 Å². The predicted octanol–water partition coefficient (Wildman–Crippen LogP) is 5.48. The monoisotopic (exact) mass is 647 g/mol. The molecule has 2 saturated heterocycles. The first-order valence-electron chi connectivity index (χ1n) is 12.5. The lowest BCUT2D eigenvalue weighted by Gasteiger charge is -2.32. The van der Waals surface area contributed by atoms with Gasteiger partial charge in [-0.2, -0.15) is 0 Å². The fourth-order valence-corrected chi connectivity index (χ4v) is 4.17. The third-order valence-corrected chi connectivity index (χ3v) is 7.24. The Bertz CT molecular complexity index is 941. The van der Waals surface area contributed by atoms with Crippen LogP contribution in [0.15, 0.2) is 45.3 Å². The number of piperazine rings is 1. The van der Waals surface area contributed by atoms with Crippen molar-refractivity contribution in [2.45, 2.75) is 19.3 Å². The van der Waals surface area contributed by atoms with E-state index in [1.54, 1.807) is 18.2 Å². The van der Waals surface area contributed by atoms with Crippen LogP contribution in [0.1, 0.15) is 19.3 Å². The van der Waals surface area contributed by atoms with E-state index < -0.39 is 5.82 Å². The van der Waals surface area contributed by atoms with Gasteiger partial charge in [-0.05, 0) is 96.2 Å². The lowest BCUT2D eigenvalue weighted by molar-refractivity contribution is -0.109. The molecule has 0 amide bonds. The van der Waals surface area contributed by atoms with Gasteiger partial charge in [-0.25, -0.2) is 8.78 Å². The van der Waals surface area contributed by atoms with E-state index >= 15 is 0 Å². The standard InChI is InChI=1S/C13H18BrFN2O.C8H6BrFO2.C6H13N/c1-16-4-6-17(7-5-16)8-9-18-11-2-3-12(14)13(15)10-11;9-7-2-1-6(5-8(7)10)12-4-3-11;1-7-5-3-2-4-6-7/h2-3,10H,4-9H2,1H3;1-3,5H,4H2;2-6H2,1H3. The Morgan fingerprint density at radius 1 is 0.784 bits per heavy atom. The average molecular weight is 649 g/mol. The van der Waals surface area contributed by atoms with Gasteiger partial charge < -0.3 is 19.3 Å². The molecule has 0 saturated carbocycles. The minimum absolute atomic E-state index is 0.0545. The highest BCUT2D eigenvalue weighted by Crippen LogP contribution is 2.21. The van der Waals surface area contributed by atoms with Crippen LogP contribution in [0, 0.1) is 11.6 Å². The second kappa shape index (κ2) is 17.8. The van der Waals surface area contributed by atoms with E-state index in [0.29, 0.717) is 33.3 Å². The van der Waals surface area contributed by atoms with Crippen molar-refractivity contribution in [2.24, 2.45) is 0 Å². The van der Waals surface area contributed by atoms with Crippen LogP contribution in [0.4, 0.5) is 8.78 Å². The lowest BCUT2D eigenvalue weighted by atomic mass is 10.1. The molecule has 2 aliphatic heterocycles. The van der Waals surface area contributed by atoms with Gasteiger partial charge in [-0.1, -0.05) is 6.42 Å². The Kier molecular flexibility index (Phi) is 15.2. The van der Waals surface area contributed by atoms with Crippen LogP contribution in [0.3, 0.4) is 0 Å². The molecule has 4 rings (SSSR count). The molecular weight excluding hydrogens is 612 g/mol. The van der Waals surface area contributed by atoms with Crippen molar-refractivity contribution in [2.75, 3.05) is 73.1 Å². The van der Waals surface area contributed by atoms with E-state index in [1.807, 2.05) is 0 Å². The number of likely N-dealkylation sites (N-methyl/N-ethyl adjacent to an activating group) is 1. The molecule has 2 heterocycles. The fraction of sp³-hybridized carbons (Fsp3) is 0.519. The summed E-state index contributed by atoms with van der Waals surface area (Å²) in [7, 11) is 4.33. The van der Waals surface area contributed by atoms with Gasteiger partial charge in [0, 0.05) is 44.9 Å². The molecule has 0 aliphatic carbocycles. The molecule has 0 N–H and O–H groups in total. The zero-order valence-corrected chi connectivity index (χ0v) is 24.8. The van der Waals surface area contributed by atoms with Gasteiger partial charge in [-0.15, -0.1) is 0 Å². The largest absolute Gasteiger partial charge is 0.492 e. The first-order valence-corrected chi connectivity index (χ1v) is 14.1. The molecule has 206 valence electrons. The summed E-state index contributed by atoms with van der Waals surface area (Å²) < 4.78 is 37.3. The van der Waals surface area contributed by atoms with E-state index in [2.05, 4.69) is 60.7 Å². The number of aldehydes is 1. The van der Waals surface area contributed by atoms with Gasteiger partial charge in [-0.3, -0.25) is 9.69 Å². The number of hydrogen-bond acceptors (Lipinski definition) is 6. The zero-order chi connectivity index (χ0) is 27.0. The first-order chi connectivity index (χ1) is 17.8. The second-order valence-corrected chi connectivity index (χ2v) is 10.7. The highest BCUT2D eigenvalue weighted by atomic mass is 79.9. The SMILES string of the molecule is CN1CCCCC1.CN1CCN(CCOc2ccc(Br)c(F)c2)CC1.O=CCOc1ccc(Br)c(F)c1. The fourth-order valence-electron chi connectivity index (χ4n) is 3.68. The highest BCUT2D eigenvalue weighted by Gasteiger charge is 2.13. The van der Waals surface area contributed by atoms with Gasteiger partial charge in [0.15, 0.2) is 6.29 Å². The molecule has 0 atom stereocenters. The lowest BCUT2D eigenvalue weighted by Crippen LogP contribution is -2.45. The molecule has 0 bridgehead atoms. The third-order valence-electron chi connectivity index (χ3n) is 5.95. The first kappa shape index (κ1) is 31.6. The molecule has 37 heavy (non-hydrogen) atoms. The smallest absolute Gasteiger partial charge is 0.157 e. The van der Waals surface area contributed by atoms with E-state index in [-0.39, 0.29) is 12.4 Å². The summed E-state index contributed by atoms with van der Waals surface area (Å²) in [5, 5.41) is 0. The maximum atomic E-state index is 13.3. The van der Waals surface area contributed by atoms with Crippen molar-refractivity contribution in [3.8, 4) is 11.5 Å². The van der Waals surface area contributed by atoms with Crippen molar-refractivity contribution in [3.05, 3.63) is 57.0 Å². The number of benzene rings is 2. The highest BCUT2D eigenvalue weighted by molar-refractivity contribution is 9.10. The van der Waals surface area contributed by atoms with Gasteiger partial charge in [0.05, 0.1) is 8.95 Å². The van der Waals surface area contributed by atoms with Crippen molar-refractivity contribution in [1.82, 2.24) is 14.7 Å². The van der Waals surface area contributed by atoms with Crippen LogP contribution in [-0.4, -0.2) is 94.1 Å². The Hall–Kier alpha value is -1.59. The minimum atomic E-state index is -0.404. The molecule has 2 aromatic carbocycles. The van der Waals surface area contributed by atoms with E-state index in [1.165, 1.54) is 50.6 Å². The summed E-state index contributed by atoms with van der Waals surface area (Å²) in [5.74, 6) is 0.248. The number of nitrogens with zero attached hydrogens (tertiary/aromatic N) is 3. The summed E-state index contributed by atoms with van der Waals surface area (Å²) >= 11 is 6.12. The maximum Gasteiger partial charge on any atom is 0.157 e. The molecule has 0 unspecified atom stereocenters. The van der Waals surface area contributed by atoms with Crippen molar-refractivity contribution in [3.63, 3.8) is 0 Å². The molecule has 2 aromatic rings. The van der Waals surface area contributed by atoms with Gasteiger partial charge >= 0.3 is 0 Å². The van der Waals surface area contributed by atoms with Crippen molar-refractivity contribution in [1.29, 1.82) is 0 Å². The van der Waals surface area contributed by atoms with Crippen LogP contribution in [0.2, 0.25) is 0 Å². The topological polar surface area (TPSA) is 45.2 Å². The Morgan fingerprint density at radius 3 is 1.76 bits per heavy atom. The Morgan fingerprint density at radius 2 is 1.30 bits per heavy atom. The summed E-state index contributed by atoms with van der Waals surface area (Å²) in [6.07, 6.45) is 4.89. The molecule has 2 fully saturated rings. The van der Waals surface area contributed by atoms with E-state index in [4.69, 9.17) is 9.47 Å². The summed E-state index contributed by atoms with van der Waals surface area (Å²) in [5.41, 5.74) is 0. The average Bonchev–Trinajstić information content (AvgIpc) is 2.89. The second-order valence-electron chi connectivity index (χ2n) is 8.99. The third kappa shape index (κ3) is 13.2. The number of hydrogen-bond donors (Lipinski definition) is 0. The number of rotatable bonds is 7. The van der Waals surface area contributed by atoms with E-state index in [9.17, 15) is 13.6 Å². The van der Waals surface area contributed by atoms with Gasteiger partial charge in [0.25, 0.3) is 0 Å². The summed E-state index contributed by atoms with van der Waals surface area (Å²) in [4.78, 5) is 17.0. The molecule has 6 nitrogen and oxygen atoms in total.